The third-order valence-electron chi connectivity index (χ3n) is 1.45. The average molecular weight is 116 g/mol. The summed E-state index contributed by atoms with van der Waals surface area (Å²) in [6.07, 6.45) is 3.35. The quantitative estimate of drug-likeness (QED) is 0.441. The monoisotopic (exact) mass is 116 g/mol. The van der Waals surface area contributed by atoms with Crippen molar-refractivity contribution in [2.24, 2.45) is 0 Å². The Morgan fingerprint density at radius 1 is 1.57 bits per heavy atom. The van der Waals surface area contributed by atoms with E-state index in [2.05, 4.69) is 0 Å². The Morgan fingerprint density at radius 2 is 2.57 bits per heavy atom. The summed E-state index contributed by atoms with van der Waals surface area (Å²) in [6.45, 7) is 0. The first-order valence-electron chi connectivity index (χ1n) is 2.74. The summed E-state index contributed by atoms with van der Waals surface area (Å²) in [6, 6.07) is 0. The van der Waals surface area contributed by atoms with Gasteiger partial charge in [-0.15, -0.1) is 11.8 Å². The zero-order valence-corrected chi connectivity index (χ0v) is 4.91. The molecule has 0 saturated carbocycles. The highest BCUT2D eigenvalue weighted by Crippen LogP contribution is 2.40. The van der Waals surface area contributed by atoms with Gasteiger partial charge in [-0.2, -0.15) is 0 Å². The molecule has 2 unspecified atom stereocenters. The molecule has 0 aromatic carbocycles. The molecule has 0 radical (unpaired) electrons. The molecule has 1 nitrogen and oxygen atoms in total. The second kappa shape index (κ2) is 1.39. The molecule has 0 N–H and O–H groups in total. The second-order valence-corrected chi connectivity index (χ2v) is 3.26. The van der Waals surface area contributed by atoms with Crippen molar-refractivity contribution in [3.05, 3.63) is 0 Å². The molecular formula is C5H8OS. The molecule has 0 amide bonds. The third kappa shape index (κ3) is 0.662. The molecule has 2 aliphatic rings. The molecule has 7 heavy (non-hydrogen) atoms. The minimum absolute atomic E-state index is 0.619. The topological polar surface area (TPSA) is 12.5 Å². The van der Waals surface area contributed by atoms with E-state index in [1.165, 1.54) is 18.6 Å². The summed E-state index contributed by atoms with van der Waals surface area (Å²) < 4.78 is 5.24. The predicted molar refractivity (Wildman–Crippen MR) is 30.4 cm³/mol. The van der Waals surface area contributed by atoms with Gasteiger partial charge in [0.05, 0.1) is 6.10 Å². The van der Waals surface area contributed by atoms with Crippen LogP contribution in [0.2, 0.25) is 0 Å². The average Bonchev–Trinajstić information content (AvgIpc) is 2.41. The van der Waals surface area contributed by atoms with Gasteiger partial charge in [0.25, 0.3) is 0 Å². The van der Waals surface area contributed by atoms with Crippen molar-refractivity contribution in [2.75, 3.05) is 5.75 Å². The molecule has 2 saturated heterocycles. The number of rotatable bonds is 0. The molecule has 2 rings (SSSR count). The molecule has 2 heterocycles. The van der Waals surface area contributed by atoms with Crippen LogP contribution >= 0.6 is 11.8 Å². The summed E-state index contributed by atoms with van der Waals surface area (Å²) >= 11 is 1.97. The standard InChI is InChI=1S/C5H8OS/c1-2-4-5(6-4)7-3-1/h4-5H,1-3H2. The van der Waals surface area contributed by atoms with Crippen molar-refractivity contribution in [3.8, 4) is 0 Å². The Labute approximate surface area is 47.4 Å². The number of hydrogen-bond acceptors (Lipinski definition) is 2. The number of epoxide rings is 1. The van der Waals surface area contributed by atoms with Crippen LogP contribution in [0.15, 0.2) is 0 Å². The predicted octanol–water partition coefficient (Wildman–Crippen LogP) is 1.24. The van der Waals surface area contributed by atoms with Gasteiger partial charge >= 0.3 is 0 Å². The van der Waals surface area contributed by atoms with E-state index < -0.39 is 0 Å². The van der Waals surface area contributed by atoms with Crippen LogP contribution in [0.3, 0.4) is 0 Å². The van der Waals surface area contributed by atoms with Crippen LogP contribution in [0.1, 0.15) is 12.8 Å². The highest BCUT2D eigenvalue weighted by molar-refractivity contribution is 8.00. The molecule has 0 aromatic rings. The maximum absolute atomic E-state index is 5.24. The maximum atomic E-state index is 5.24. The molecule has 0 bridgehead atoms. The van der Waals surface area contributed by atoms with Crippen molar-refractivity contribution in [2.45, 2.75) is 24.4 Å². The van der Waals surface area contributed by atoms with Gasteiger partial charge in [0.15, 0.2) is 0 Å². The van der Waals surface area contributed by atoms with E-state index in [-0.39, 0.29) is 0 Å². The Morgan fingerprint density at radius 3 is 3.14 bits per heavy atom. The Kier molecular flexibility index (Phi) is 0.837. The summed E-state index contributed by atoms with van der Waals surface area (Å²) in [4.78, 5) is 0. The van der Waals surface area contributed by atoms with Gasteiger partial charge in [-0.25, -0.2) is 0 Å². The molecule has 0 aromatic heterocycles. The van der Waals surface area contributed by atoms with Crippen molar-refractivity contribution < 1.29 is 4.74 Å². The molecule has 2 atom stereocenters. The maximum Gasteiger partial charge on any atom is 0.130 e. The van der Waals surface area contributed by atoms with E-state index in [4.69, 9.17) is 4.74 Å². The van der Waals surface area contributed by atoms with Crippen molar-refractivity contribution in [1.82, 2.24) is 0 Å². The van der Waals surface area contributed by atoms with Crippen LogP contribution in [0.25, 0.3) is 0 Å². The van der Waals surface area contributed by atoms with Crippen LogP contribution in [0, 0.1) is 0 Å². The minimum Gasteiger partial charge on any atom is -0.358 e. The lowest BCUT2D eigenvalue weighted by molar-refractivity contribution is 0.392. The molecule has 40 valence electrons. The summed E-state index contributed by atoms with van der Waals surface area (Å²) in [5.74, 6) is 1.32. The molecule has 2 fully saturated rings. The van der Waals surface area contributed by atoms with Crippen LogP contribution in [-0.2, 0) is 4.74 Å². The lowest BCUT2D eigenvalue weighted by atomic mass is 10.3. The number of hydrogen-bond donors (Lipinski definition) is 0. The number of ether oxygens (including phenoxy) is 1. The van der Waals surface area contributed by atoms with Crippen LogP contribution in [0.5, 0.6) is 0 Å². The zero-order chi connectivity index (χ0) is 4.69. The molecule has 2 aliphatic heterocycles. The fourth-order valence-corrected chi connectivity index (χ4v) is 2.10. The lowest BCUT2D eigenvalue weighted by Crippen LogP contribution is -1.98. The Bertz CT molecular complexity index is 74.1. The molecule has 2 heteroatoms. The van der Waals surface area contributed by atoms with Crippen LogP contribution in [-0.4, -0.2) is 17.3 Å². The first-order valence-corrected chi connectivity index (χ1v) is 3.79. The van der Waals surface area contributed by atoms with E-state index in [1.807, 2.05) is 11.8 Å². The largest absolute Gasteiger partial charge is 0.358 e. The van der Waals surface area contributed by atoms with E-state index in [1.54, 1.807) is 0 Å². The van der Waals surface area contributed by atoms with E-state index in [0.717, 1.165) is 0 Å². The van der Waals surface area contributed by atoms with Gasteiger partial charge in [0, 0.05) is 0 Å². The van der Waals surface area contributed by atoms with Crippen molar-refractivity contribution >= 4 is 11.8 Å². The lowest BCUT2D eigenvalue weighted by Gasteiger charge is -2.00. The molecule has 0 spiro atoms. The highest BCUT2D eigenvalue weighted by atomic mass is 32.2. The Balaban J connectivity index is 1.95. The SMILES string of the molecule is C1CSC2OC2C1. The van der Waals surface area contributed by atoms with Gasteiger partial charge in [-0.05, 0) is 18.6 Å². The van der Waals surface area contributed by atoms with Crippen LogP contribution in [0.4, 0.5) is 0 Å². The Hall–Kier alpha value is 0.310. The van der Waals surface area contributed by atoms with Crippen molar-refractivity contribution in [3.63, 3.8) is 0 Å². The van der Waals surface area contributed by atoms with Crippen molar-refractivity contribution in [1.29, 1.82) is 0 Å². The highest BCUT2D eigenvalue weighted by Gasteiger charge is 2.40. The fraction of sp³-hybridized carbons (Fsp3) is 1.00. The summed E-state index contributed by atoms with van der Waals surface area (Å²) in [7, 11) is 0. The summed E-state index contributed by atoms with van der Waals surface area (Å²) in [5, 5.41) is 0. The van der Waals surface area contributed by atoms with Gasteiger partial charge < -0.3 is 4.74 Å². The molecular weight excluding hydrogens is 108 g/mol. The van der Waals surface area contributed by atoms with Gasteiger partial charge in [-0.1, -0.05) is 0 Å². The number of fused-ring (bicyclic) bond motifs is 1. The van der Waals surface area contributed by atoms with E-state index in [0.29, 0.717) is 11.5 Å². The first kappa shape index (κ1) is 4.21. The minimum atomic E-state index is 0.619. The normalized spacial score (nSPS) is 48.0. The third-order valence-corrected chi connectivity index (χ3v) is 2.72. The van der Waals surface area contributed by atoms with Gasteiger partial charge in [0.2, 0.25) is 0 Å². The smallest absolute Gasteiger partial charge is 0.130 e. The zero-order valence-electron chi connectivity index (χ0n) is 4.09. The van der Waals surface area contributed by atoms with Crippen LogP contribution < -0.4 is 0 Å². The van der Waals surface area contributed by atoms with E-state index >= 15 is 0 Å². The van der Waals surface area contributed by atoms with Gasteiger partial charge in [-0.3, -0.25) is 0 Å². The summed E-state index contributed by atoms with van der Waals surface area (Å²) in [5.41, 5.74) is 0.619. The number of thioether (sulfide) groups is 1. The molecule has 0 aliphatic carbocycles. The fourth-order valence-electron chi connectivity index (χ4n) is 0.962. The first-order chi connectivity index (χ1) is 3.47. The van der Waals surface area contributed by atoms with E-state index in [9.17, 15) is 0 Å². The second-order valence-electron chi connectivity index (χ2n) is 2.06. The van der Waals surface area contributed by atoms with Gasteiger partial charge in [0.1, 0.15) is 5.44 Å².